The number of hydrogen-bond donors (Lipinski definition) is 1. The molecular formula is C27H23IrN2O3-. The van der Waals surface area contributed by atoms with E-state index < -0.39 is 0 Å². The zero-order chi connectivity index (χ0) is 22.8. The van der Waals surface area contributed by atoms with E-state index in [1.54, 1.807) is 6.33 Å². The number of benzene rings is 3. The molecule has 0 unspecified atom stereocenters. The van der Waals surface area contributed by atoms with Gasteiger partial charge >= 0.3 is 0 Å². The van der Waals surface area contributed by atoms with E-state index in [0.717, 1.165) is 44.3 Å². The maximum Gasteiger partial charge on any atom is 0.155 e. The van der Waals surface area contributed by atoms with Crippen molar-refractivity contribution in [3.63, 3.8) is 0 Å². The number of ketones is 1. The quantitative estimate of drug-likeness (QED) is 0.137. The molecule has 0 saturated carbocycles. The zero-order valence-electron chi connectivity index (χ0n) is 18.8. The second kappa shape index (κ2) is 10.1. The maximum atomic E-state index is 10.0. The van der Waals surface area contributed by atoms with Crippen molar-refractivity contribution < 1.29 is 34.4 Å². The Balaban J connectivity index is 0.000000337. The van der Waals surface area contributed by atoms with Crippen molar-refractivity contribution in [3.05, 3.63) is 83.9 Å². The summed E-state index contributed by atoms with van der Waals surface area (Å²) in [5, 5.41) is 11.7. The average Bonchev–Trinajstić information content (AvgIpc) is 3.11. The third-order valence-corrected chi connectivity index (χ3v) is 4.96. The SMILES string of the molecule is CC(=O)/C=C(/C)O.Cc1[c-]c(-c2ncnc3c2oc2ccc4ccccc4c23)cc(C)c1.[Ir]. The normalized spacial score (nSPS) is 11.2. The summed E-state index contributed by atoms with van der Waals surface area (Å²) >= 11 is 0. The van der Waals surface area contributed by atoms with Crippen molar-refractivity contribution in [2.24, 2.45) is 0 Å². The molecular weight excluding hydrogens is 593 g/mol. The van der Waals surface area contributed by atoms with Crippen molar-refractivity contribution in [1.29, 1.82) is 0 Å². The van der Waals surface area contributed by atoms with Crippen LogP contribution in [0.4, 0.5) is 0 Å². The van der Waals surface area contributed by atoms with Gasteiger partial charge in [0.05, 0.1) is 11.1 Å². The summed E-state index contributed by atoms with van der Waals surface area (Å²) in [6.45, 7) is 6.97. The van der Waals surface area contributed by atoms with Gasteiger partial charge in [0.25, 0.3) is 0 Å². The number of aliphatic hydroxyl groups is 1. The second-order valence-electron chi connectivity index (χ2n) is 7.81. The molecule has 3 aromatic carbocycles. The van der Waals surface area contributed by atoms with E-state index in [2.05, 4.69) is 53.3 Å². The Bertz CT molecular complexity index is 1480. The molecule has 5 aromatic rings. The van der Waals surface area contributed by atoms with Gasteiger partial charge in [-0.2, -0.15) is 0 Å². The van der Waals surface area contributed by atoms with Gasteiger partial charge in [-0.1, -0.05) is 44.2 Å². The molecule has 2 aromatic heterocycles. The number of aryl methyl sites for hydroxylation is 2. The number of hydrogen-bond acceptors (Lipinski definition) is 5. The number of rotatable bonds is 2. The van der Waals surface area contributed by atoms with Crippen LogP contribution in [0.1, 0.15) is 25.0 Å². The number of carbonyl (C=O) groups is 1. The van der Waals surface area contributed by atoms with Gasteiger partial charge in [-0.25, -0.2) is 4.98 Å². The average molecular weight is 616 g/mol. The number of furan rings is 1. The van der Waals surface area contributed by atoms with Crippen LogP contribution >= 0.6 is 0 Å². The summed E-state index contributed by atoms with van der Waals surface area (Å²) in [6.07, 6.45) is 2.78. The fraction of sp³-hybridized carbons (Fsp3) is 0.148. The second-order valence-corrected chi connectivity index (χ2v) is 7.81. The third kappa shape index (κ3) is 5.19. The van der Waals surface area contributed by atoms with Crippen LogP contribution in [-0.4, -0.2) is 20.9 Å². The van der Waals surface area contributed by atoms with Crippen LogP contribution in [0.3, 0.4) is 0 Å². The Morgan fingerprint density at radius 1 is 1.06 bits per heavy atom. The molecule has 1 N–H and O–H groups in total. The van der Waals surface area contributed by atoms with Crippen molar-refractivity contribution in [1.82, 2.24) is 9.97 Å². The summed E-state index contributed by atoms with van der Waals surface area (Å²) in [6, 6.07) is 20.0. The van der Waals surface area contributed by atoms with Crippen LogP contribution in [0.25, 0.3) is 44.1 Å². The van der Waals surface area contributed by atoms with Gasteiger partial charge in [0, 0.05) is 31.9 Å². The van der Waals surface area contributed by atoms with E-state index in [-0.39, 0.29) is 31.6 Å². The number of fused-ring (bicyclic) bond motifs is 5. The summed E-state index contributed by atoms with van der Waals surface area (Å²) in [7, 11) is 0. The maximum absolute atomic E-state index is 10.0. The summed E-state index contributed by atoms with van der Waals surface area (Å²) in [5.41, 5.74) is 6.40. The molecule has 33 heavy (non-hydrogen) atoms. The fourth-order valence-corrected chi connectivity index (χ4v) is 3.85. The first kappa shape index (κ1) is 24.3. The van der Waals surface area contributed by atoms with Crippen LogP contribution in [-0.2, 0) is 24.9 Å². The number of allylic oxidation sites excluding steroid dienone is 2. The van der Waals surface area contributed by atoms with E-state index in [1.165, 1.54) is 30.9 Å². The first-order valence-corrected chi connectivity index (χ1v) is 10.3. The van der Waals surface area contributed by atoms with Crippen molar-refractivity contribution in [3.8, 4) is 11.3 Å². The molecule has 0 aliphatic heterocycles. The first-order chi connectivity index (χ1) is 15.3. The molecule has 169 valence electrons. The summed E-state index contributed by atoms with van der Waals surface area (Å²) < 4.78 is 6.18. The largest absolute Gasteiger partial charge is 0.512 e. The molecule has 5 nitrogen and oxygen atoms in total. The Labute approximate surface area is 205 Å². The van der Waals surface area contributed by atoms with Crippen LogP contribution < -0.4 is 0 Å². The summed E-state index contributed by atoms with van der Waals surface area (Å²) in [5.74, 6) is -0.0625. The number of aromatic nitrogens is 2. The molecule has 6 heteroatoms. The predicted octanol–water partition coefficient (Wildman–Crippen LogP) is 6.65. The number of carbonyl (C=O) groups excluding carboxylic acids is 1. The van der Waals surface area contributed by atoms with E-state index in [0.29, 0.717) is 0 Å². The molecule has 0 aliphatic rings. The van der Waals surface area contributed by atoms with Crippen molar-refractivity contribution in [2.45, 2.75) is 27.7 Å². The molecule has 0 spiro atoms. The van der Waals surface area contributed by atoms with Gasteiger partial charge in [-0.3, -0.25) is 9.78 Å². The minimum Gasteiger partial charge on any atom is -0.512 e. The standard InChI is InChI=1S/C22H15N2O.C5H8O2.Ir/c1-13-9-14(2)11-16(10-13)20-22-21(24-12-23-20)19-17-6-4-3-5-15(17)7-8-18(19)25-22;1-4(6)3-5(2)7;/h3-10,12H,1-2H3;3,6H,1-2H3;/q-1;;/b;4-3-;. The fourth-order valence-electron chi connectivity index (χ4n) is 3.85. The topological polar surface area (TPSA) is 76.2 Å². The van der Waals surface area contributed by atoms with E-state index in [9.17, 15) is 4.79 Å². The van der Waals surface area contributed by atoms with Gasteiger partial charge in [0.15, 0.2) is 5.78 Å². The molecule has 0 atom stereocenters. The minimum absolute atomic E-state index is 0. The number of aliphatic hydroxyl groups excluding tert-OH is 1. The zero-order valence-corrected chi connectivity index (χ0v) is 21.2. The molecule has 0 fully saturated rings. The smallest absolute Gasteiger partial charge is 0.155 e. The Kier molecular flexibility index (Phi) is 7.42. The molecule has 1 radical (unpaired) electrons. The molecule has 0 aliphatic carbocycles. The van der Waals surface area contributed by atoms with Crippen LogP contribution in [0, 0.1) is 19.9 Å². The van der Waals surface area contributed by atoms with Gasteiger partial charge in [0.2, 0.25) is 0 Å². The van der Waals surface area contributed by atoms with E-state index in [4.69, 9.17) is 9.52 Å². The van der Waals surface area contributed by atoms with Crippen LogP contribution in [0.5, 0.6) is 0 Å². The Morgan fingerprint density at radius 3 is 2.48 bits per heavy atom. The van der Waals surface area contributed by atoms with Gasteiger partial charge < -0.3 is 9.52 Å². The van der Waals surface area contributed by atoms with Gasteiger partial charge in [-0.05, 0) is 30.7 Å². The van der Waals surface area contributed by atoms with Gasteiger partial charge in [-0.15, -0.1) is 34.9 Å². The van der Waals surface area contributed by atoms with Crippen molar-refractivity contribution in [2.75, 3.05) is 0 Å². The van der Waals surface area contributed by atoms with Crippen LogP contribution in [0.15, 0.2) is 71.1 Å². The number of nitrogens with zero attached hydrogens (tertiary/aromatic N) is 2. The first-order valence-electron chi connectivity index (χ1n) is 10.3. The molecule has 0 amide bonds. The third-order valence-electron chi connectivity index (χ3n) is 4.96. The predicted molar refractivity (Wildman–Crippen MR) is 128 cm³/mol. The minimum atomic E-state index is -0.125. The van der Waals surface area contributed by atoms with Gasteiger partial charge in [0.1, 0.15) is 23.0 Å². The monoisotopic (exact) mass is 616 g/mol. The molecule has 0 bridgehead atoms. The van der Waals surface area contributed by atoms with E-state index in [1.807, 2.05) is 25.1 Å². The summed E-state index contributed by atoms with van der Waals surface area (Å²) in [4.78, 5) is 19.0. The Hall–Kier alpha value is -3.34. The Morgan fingerprint density at radius 2 is 1.82 bits per heavy atom. The van der Waals surface area contributed by atoms with E-state index >= 15 is 0 Å². The van der Waals surface area contributed by atoms with Crippen molar-refractivity contribution >= 4 is 38.6 Å². The molecule has 2 heterocycles. The molecule has 5 rings (SSSR count). The van der Waals surface area contributed by atoms with Crippen LogP contribution in [0.2, 0.25) is 0 Å². The molecule has 0 saturated heterocycles.